The number of carboxylic acids is 1. The van der Waals surface area contributed by atoms with Crippen molar-refractivity contribution in [3.63, 3.8) is 0 Å². The summed E-state index contributed by atoms with van der Waals surface area (Å²) in [7, 11) is 0. The zero-order valence-corrected chi connectivity index (χ0v) is 19.1. The molecule has 0 saturated carbocycles. The van der Waals surface area contributed by atoms with Crippen LogP contribution in [0.2, 0.25) is 0 Å². The van der Waals surface area contributed by atoms with Crippen molar-refractivity contribution in [1.29, 1.82) is 0 Å². The fraction of sp³-hybridized carbons (Fsp3) is 0.684. The first kappa shape index (κ1) is 29.7. The van der Waals surface area contributed by atoms with E-state index in [0.717, 1.165) is 0 Å². The van der Waals surface area contributed by atoms with Gasteiger partial charge in [0.05, 0.1) is 12.5 Å². The summed E-state index contributed by atoms with van der Waals surface area (Å²) in [6.45, 7) is 4.45. The van der Waals surface area contributed by atoms with Gasteiger partial charge in [0, 0.05) is 0 Å². The third-order valence-electron chi connectivity index (χ3n) is 4.54. The molecule has 0 aromatic rings. The lowest BCUT2D eigenvalue weighted by molar-refractivity contribution is -0.141. The SMILES string of the molecule is C[C@H](N)C(=O)N[C@@H](CC(=O)O)C(=O)N[C@@H](C)C(=O)N[C@@H](CCCCN)C(=O)N[C@@H](C)C(N)=O. The Morgan fingerprint density at radius 3 is 1.76 bits per heavy atom. The van der Waals surface area contributed by atoms with E-state index < -0.39 is 72.1 Å². The van der Waals surface area contributed by atoms with Crippen LogP contribution in [0.25, 0.3) is 0 Å². The topological polar surface area (TPSA) is 249 Å². The Kier molecular flexibility index (Phi) is 13.3. The number of hydrogen-bond acceptors (Lipinski definition) is 8. The predicted molar refractivity (Wildman–Crippen MR) is 117 cm³/mol. The number of primary amides is 1. The summed E-state index contributed by atoms with van der Waals surface area (Å²) in [5.74, 6) is -5.14. The second kappa shape index (κ2) is 14.7. The molecule has 0 rings (SSSR count). The first-order valence-corrected chi connectivity index (χ1v) is 10.5. The van der Waals surface area contributed by atoms with Gasteiger partial charge in [0.25, 0.3) is 0 Å². The Balaban J connectivity index is 5.22. The molecule has 14 nitrogen and oxygen atoms in total. The smallest absolute Gasteiger partial charge is 0.305 e. The van der Waals surface area contributed by atoms with Crippen LogP contribution >= 0.6 is 0 Å². The molecule has 14 heteroatoms. The first-order valence-electron chi connectivity index (χ1n) is 10.5. The molecule has 0 aliphatic heterocycles. The highest BCUT2D eigenvalue weighted by Gasteiger charge is 2.29. The van der Waals surface area contributed by atoms with Crippen molar-refractivity contribution < 1.29 is 33.9 Å². The van der Waals surface area contributed by atoms with Gasteiger partial charge in [-0.3, -0.25) is 28.8 Å². The molecule has 0 unspecified atom stereocenters. The maximum Gasteiger partial charge on any atom is 0.305 e. The quantitative estimate of drug-likeness (QED) is 0.109. The highest BCUT2D eigenvalue weighted by molar-refractivity contribution is 5.96. The molecule has 11 N–H and O–H groups in total. The molecule has 0 radical (unpaired) electrons. The summed E-state index contributed by atoms with van der Waals surface area (Å²) >= 11 is 0. The van der Waals surface area contributed by atoms with Gasteiger partial charge in [-0.15, -0.1) is 0 Å². The Bertz CT molecular complexity index is 729. The lowest BCUT2D eigenvalue weighted by Gasteiger charge is -2.24. The van der Waals surface area contributed by atoms with Crippen LogP contribution in [0.5, 0.6) is 0 Å². The zero-order chi connectivity index (χ0) is 25.7. The summed E-state index contributed by atoms with van der Waals surface area (Å²) < 4.78 is 0. The van der Waals surface area contributed by atoms with Crippen molar-refractivity contribution in [2.75, 3.05) is 6.54 Å². The van der Waals surface area contributed by atoms with Crippen molar-refractivity contribution in [2.45, 2.75) is 76.7 Å². The summed E-state index contributed by atoms with van der Waals surface area (Å²) in [4.78, 5) is 71.5. The fourth-order valence-electron chi connectivity index (χ4n) is 2.51. The molecular formula is C19H35N7O7. The molecule has 0 spiro atoms. The maximum atomic E-state index is 12.6. The summed E-state index contributed by atoms with van der Waals surface area (Å²) in [6, 6.07) is -5.62. The minimum Gasteiger partial charge on any atom is -0.481 e. The summed E-state index contributed by atoms with van der Waals surface area (Å²) in [5.41, 5.74) is 16.0. The molecule has 5 atom stereocenters. The number of nitrogens with one attached hydrogen (secondary N) is 4. The van der Waals surface area contributed by atoms with E-state index >= 15 is 0 Å². The van der Waals surface area contributed by atoms with Crippen LogP contribution in [-0.4, -0.2) is 77.4 Å². The van der Waals surface area contributed by atoms with E-state index in [0.29, 0.717) is 19.4 Å². The van der Waals surface area contributed by atoms with Gasteiger partial charge in [0.15, 0.2) is 0 Å². The van der Waals surface area contributed by atoms with E-state index in [1.165, 1.54) is 20.8 Å². The van der Waals surface area contributed by atoms with Gasteiger partial charge in [-0.1, -0.05) is 0 Å². The van der Waals surface area contributed by atoms with Crippen LogP contribution in [0.3, 0.4) is 0 Å². The van der Waals surface area contributed by atoms with Crippen molar-refractivity contribution in [3.8, 4) is 0 Å². The normalized spacial score (nSPS) is 15.2. The van der Waals surface area contributed by atoms with E-state index in [-0.39, 0.29) is 6.42 Å². The van der Waals surface area contributed by atoms with E-state index in [4.69, 9.17) is 22.3 Å². The Morgan fingerprint density at radius 2 is 1.27 bits per heavy atom. The Hall–Kier alpha value is -3.26. The van der Waals surface area contributed by atoms with Crippen molar-refractivity contribution in [1.82, 2.24) is 21.3 Å². The van der Waals surface area contributed by atoms with Crippen LogP contribution in [0.1, 0.15) is 46.5 Å². The third kappa shape index (κ3) is 11.8. The minimum absolute atomic E-state index is 0.215. The Labute approximate surface area is 191 Å². The van der Waals surface area contributed by atoms with Gasteiger partial charge >= 0.3 is 5.97 Å². The largest absolute Gasteiger partial charge is 0.481 e. The molecule has 0 bridgehead atoms. The molecule has 0 saturated heterocycles. The highest BCUT2D eigenvalue weighted by atomic mass is 16.4. The molecule has 0 fully saturated rings. The van der Waals surface area contributed by atoms with Gasteiger partial charge in [-0.05, 0) is 46.6 Å². The van der Waals surface area contributed by atoms with Crippen LogP contribution in [0, 0.1) is 0 Å². The first-order chi connectivity index (χ1) is 15.3. The molecule has 0 aliphatic rings. The molecule has 0 aromatic carbocycles. The predicted octanol–water partition coefficient (Wildman–Crippen LogP) is -3.60. The number of hydrogen-bond donors (Lipinski definition) is 8. The van der Waals surface area contributed by atoms with Crippen molar-refractivity contribution >= 4 is 35.5 Å². The van der Waals surface area contributed by atoms with Gasteiger partial charge in [0.2, 0.25) is 29.5 Å². The number of carbonyl (C=O) groups excluding carboxylic acids is 5. The molecule has 188 valence electrons. The summed E-state index contributed by atoms with van der Waals surface area (Å²) in [5, 5.41) is 18.4. The average Bonchev–Trinajstić information content (AvgIpc) is 2.71. The lowest BCUT2D eigenvalue weighted by atomic mass is 10.1. The Morgan fingerprint density at radius 1 is 0.758 bits per heavy atom. The van der Waals surface area contributed by atoms with Gasteiger partial charge in [-0.25, -0.2) is 0 Å². The fourth-order valence-corrected chi connectivity index (χ4v) is 2.51. The average molecular weight is 474 g/mol. The standard InChI is InChI=1S/C19H35N7O7/c1-9(21)16(30)26-13(8-14(27)28)19(33)24-11(3)17(31)25-12(6-4-5-7-20)18(32)23-10(2)15(22)29/h9-13H,4-8,20-21H2,1-3H3,(H2,22,29)(H,23,32)(H,24,33)(H,25,31)(H,26,30)(H,27,28)/t9-,10-,11-,12-,13-/m0/s1. The highest BCUT2D eigenvalue weighted by Crippen LogP contribution is 2.03. The van der Waals surface area contributed by atoms with E-state index in [9.17, 15) is 28.8 Å². The molecular weight excluding hydrogens is 438 g/mol. The van der Waals surface area contributed by atoms with Crippen LogP contribution in [0.4, 0.5) is 0 Å². The van der Waals surface area contributed by atoms with Crippen LogP contribution in [0.15, 0.2) is 0 Å². The molecule has 0 aliphatic carbocycles. The minimum atomic E-state index is -1.46. The molecule has 0 heterocycles. The van der Waals surface area contributed by atoms with Crippen LogP contribution < -0.4 is 38.5 Å². The van der Waals surface area contributed by atoms with E-state index in [1.54, 1.807) is 0 Å². The van der Waals surface area contributed by atoms with Gasteiger partial charge in [-0.2, -0.15) is 0 Å². The third-order valence-corrected chi connectivity index (χ3v) is 4.54. The van der Waals surface area contributed by atoms with Gasteiger partial charge in [0.1, 0.15) is 24.2 Å². The monoisotopic (exact) mass is 473 g/mol. The number of carboxylic acid groups (broad SMARTS) is 1. The van der Waals surface area contributed by atoms with E-state index in [2.05, 4.69) is 21.3 Å². The van der Waals surface area contributed by atoms with Crippen molar-refractivity contribution in [2.24, 2.45) is 17.2 Å². The lowest BCUT2D eigenvalue weighted by Crippen LogP contribution is -2.58. The second-order valence-electron chi connectivity index (χ2n) is 7.66. The van der Waals surface area contributed by atoms with Crippen molar-refractivity contribution in [3.05, 3.63) is 0 Å². The number of carbonyl (C=O) groups is 6. The maximum absolute atomic E-state index is 12.6. The number of unbranched alkanes of at least 4 members (excludes halogenated alkanes) is 1. The number of nitrogens with two attached hydrogens (primary N) is 3. The van der Waals surface area contributed by atoms with Gasteiger partial charge < -0.3 is 43.6 Å². The molecule has 5 amide bonds. The summed E-state index contributed by atoms with van der Waals surface area (Å²) in [6.07, 6.45) is 0.582. The number of aliphatic carboxylic acids is 1. The number of rotatable bonds is 15. The van der Waals surface area contributed by atoms with Crippen LogP contribution in [-0.2, 0) is 28.8 Å². The number of amides is 5. The van der Waals surface area contributed by atoms with E-state index in [1.807, 2.05) is 0 Å². The molecule has 0 aromatic heterocycles. The zero-order valence-electron chi connectivity index (χ0n) is 19.1. The molecule has 33 heavy (non-hydrogen) atoms. The second-order valence-corrected chi connectivity index (χ2v) is 7.66.